The standard InChI is InChI=1S/C17H20N2O2.ClH/c1-2-13-18(14-12-15-8-4-3-5-9-15)16-10-6-7-11-17(16)19(20)21;/h3-11H,2,12-14H2,1H3;1H. The summed E-state index contributed by atoms with van der Waals surface area (Å²) in [6.07, 6.45) is 1.84. The van der Waals surface area contributed by atoms with Crippen LogP contribution in [0.4, 0.5) is 11.4 Å². The smallest absolute Gasteiger partial charge is 0.292 e. The molecule has 0 amide bonds. The molecule has 5 heteroatoms. The van der Waals surface area contributed by atoms with Gasteiger partial charge >= 0.3 is 0 Å². The Morgan fingerprint density at radius 3 is 2.27 bits per heavy atom. The number of hydrogen-bond donors (Lipinski definition) is 0. The van der Waals surface area contributed by atoms with E-state index in [1.54, 1.807) is 12.1 Å². The molecule has 118 valence electrons. The molecule has 0 aromatic heterocycles. The number of nitro benzene ring substituents is 1. The molecule has 0 unspecified atom stereocenters. The zero-order valence-electron chi connectivity index (χ0n) is 12.6. The van der Waals surface area contributed by atoms with Gasteiger partial charge in [-0.05, 0) is 24.5 Å². The fourth-order valence-corrected chi connectivity index (χ4v) is 2.42. The summed E-state index contributed by atoms with van der Waals surface area (Å²) in [4.78, 5) is 13.0. The Hall–Kier alpha value is -2.07. The number of benzene rings is 2. The van der Waals surface area contributed by atoms with Gasteiger partial charge in [-0.2, -0.15) is 0 Å². The zero-order valence-corrected chi connectivity index (χ0v) is 13.5. The highest BCUT2D eigenvalue weighted by Crippen LogP contribution is 2.27. The van der Waals surface area contributed by atoms with Crippen molar-refractivity contribution in [3.05, 3.63) is 70.3 Å². The lowest BCUT2D eigenvalue weighted by Gasteiger charge is -2.24. The molecule has 0 N–H and O–H groups in total. The summed E-state index contributed by atoms with van der Waals surface area (Å²) in [7, 11) is 0. The fraction of sp³-hybridized carbons (Fsp3) is 0.294. The van der Waals surface area contributed by atoms with Crippen LogP contribution < -0.4 is 4.90 Å². The summed E-state index contributed by atoms with van der Waals surface area (Å²) in [6, 6.07) is 17.2. The molecular weight excluding hydrogens is 300 g/mol. The number of nitrogens with zero attached hydrogens (tertiary/aromatic N) is 2. The predicted octanol–water partition coefficient (Wildman–Crippen LogP) is 4.48. The minimum atomic E-state index is -0.305. The van der Waals surface area contributed by atoms with Crippen LogP contribution in [0.5, 0.6) is 0 Å². The first-order chi connectivity index (χ1) is 10.2. The van der Waals surface area contributed by atoms with Crippen LogP contribution in [0.1, 0.15) is 18.9 Å². The van der Waals surface area contributed by atoms with E-state index in [1.807, 2.05) is 30.3 Å². The van der Waals surface area contributed by atoms with Crippen LogP contribution in [-0.4, -0.2) is 18.0 Å². The molecule has 0 saturated heterocycles. The normalized spacial score (nSPS) is 9.86. The summed E-state index contributed by atoms with van der Waals surface area (Å²) >= 11 is 0. The number of anilines is 1. The Kier molecular flexibility index (Phi) is 7.40. The molecule has 2 aromatic rings. The number of nitro groups is 1. The third-order valence-corrected chi connectivity index (χ3v) is 3.43. The fourth-order valence-electron chi connectivity index (χ4n) is 2.42. The molecule has 4 nitrogen and oxygen atoms in total. The quantitative estimate of drug-likeness (QED) is 0.558. The second-order valence-electron chi connectivity index (χ2n) is 4.97. The van der Waals surface area contributed by atoms with Crippen LogP contribution in [0.2, 0.25) is 0 Å². The highest BCUT2D eigenvalue weighted by Gasteiger charge is 2.17. The van der Waals surface area contributed by atoms with Gasteiger partial charge in [-0.15, -0.1) is 12.4 Å². The molecule has 2 rings (SSSR count). The molecular formula is C17H21ClN2O2. The molecule has 0 aliphatic heterocycles. The van der Waals surface area contributed by atoms with Gasteiger partial charge in [0, 0.05) is 19.2 Å². The number of hydrogen-bond acceptors (Lipinski definition) is 3. The second kappa shape index (κ2) is 9.05. The van der Waals surface area contributed by atoms with E-state index in [-0.39, 0.29) is 23.0 Å². The molecule has 0 fully saturated rings. The minimum Gasteiger partial charge on any atom is -0.366 e. The third-order valence-electron chi connectivity index (χ3n) is 3.43. The van der Waals surface area contributed by atoms with E-state index in [1.165, 1.54) is 5.56 Å². The van der Waals surface area contributed by atoms with Crippen LogP contribution >= 0.6 is 12.4 Å². The summed E-state index contributed by atoms with van der Waals surface area (Å²) in [6.45, 7) is 3.69. The molecule has 0 saturated carbocycles. The van der Waals surface area contributed by atoms with Crippen molar-refractivity contribution in [3.63, 3.8) is 0 Å². The maximum atomic E-state index is 11.2. The van der Waals surface area contributed by atoms with E-state index in [0.29, 0.717) is 5.69 Å². The van der Waals surface area contributed by atoms with E-state index >= 15 is 0 Å². The molecule has 22 heavy (non-hydrogen) atoms. The lowest BCUT2D eigenvalue weighted by molar-refractivity contribution is -0.384. The van der Waals surface area contributed by atoms with E-state index in [9.17, 15) is 10.1 Å². The molecule has 0 aliphatic carbocycles. The zero-order chi connectivity index (χ0) is 15.1. The Morgan fingerprint density at radius 1 is 1.00 bits per heavy atom. The molecule has 2 aromatic carbocycles. The number of rotatable bonds is 7. The maximum Gasteiger partial charge on any atom is 0.292 e. The summed E-state index contributed by atoms with van der Waals surface area (Å²) in [5.41, 5.74) is 2.14. The van der Waals surface area contributed by atoms with Crippen LogP contribution in [0.15, 0.2) is 54.6 Å². The summed E-state index contributed by atoms with van der Waals surface area (Å²) in [5, 5.41) is 11.2. The van der Waals surface area contributed by atoms with Crippen molar-refractivity contribution in [2.75, 3.05) is 18.0 Å². The van der Waals surface area contributed by atoms with Gasteiger partial charge in [0.25, 0.3) is 5.69 Å². The van der Waals surface area contributed by atoms with E-state index < -0.39 is 0 Å². The Bertz CT molecular complexity index is 590. The molecule has 0 radical (unpaired) electrons. The van der Waals surface area contributed by atoms with Crippen LogP contribution in [0, 0.1) is 10.1 Å². The highest BCUT2D eigenvalue weighted by molar-refractivity contribution is 5.85. The lowest BCUT2D eigenvalue weighted by atomic mass is 10.1. The van der Waals surface area contributed by atoms with E-state index in [0.717, 1.165) is 25.9 Å². The topological polar surface area (TPSA) is 46.4 Å². The van der Waals surface area contributed by atoms with Crippen LogP contribution in [0.3, 0.4) is 0 Å². The number of halogens is 1. The molecule has 0 aliphatic rings. The van der Waals surface area contributed by atoms with Crippen molar-refractivity contribution in [1.82, 2.24) is 0 Å². The van der Waals surface area contributed by atoms with E-state index in [4.69, 9.17) is 0 Å². The van der Waals surface area contributed by atoms with Crippen molar-refractivity contribution in [2.24, 2.45) is 0 Å². The van der Waals surface area contributed by atoms with Gasteiger partial charge in [0.05, 0.1) is 4.92 Å². The van der Waals surface area contributed by atoms with Crippen molar-refractivity contribution in [3.8, 4) is 0 Å². The Labute approximate surface area is 137 Å². The van der Waals surface area contributed by atoms with Crippen molar-refractivity contribution in [1.29, 1.82) is 0 Å². The first-order valence-electron chi connectivity index (χ1n) is 7.24. The van der Waals surface area contributed by atoms with E-state index in [2.05, 4.69) is 24.0 Å². The first kappa shape index (κ1) is 18.0. The van der Waals surface area contributed by atoms with Gasteiger partial charge < -0.3 is 4.90 Å². The summed E-state index contributed by atoms with van der Waals surface area (Å²) in [5.74, 6) is 0. The molecule has 0 bridgehead atoms. The van der Waals surface area contributed by atoms with Gasteiger partial charge in [-0.1, -0.05) is 49.4 Å². The SMILES string of the molecule is CCCN(CCc1ccccc1)c1ccccc1[N+](=O)[O-].Cl. The van der Waals surface area contributed by atoms with Gasteiger partial charge in [-0.25, -0.2) is 0 Å². The minimum absolute atomic E-state index is 0. The van der Waals surface area contributed by atoms with Crippen LogP contribution in [0.25, 0.3) is 0 Å². The average Bonchev–Trinajstić information content (AvgIpc) is 2.52. The maximum absolute atomic E-state index is 11.2. The lowest BCUT2D eigenvalue weighted by Crippen LogP contribution is -2.27. The second-order valence-corrected chi connectivity index (χ2v) is 4.97. The predicted molar refractivity (Wildman–Crippen MR) is 93.0 cm³/mol. The first-order valence-corrected chi connectivity index (χ1v) is 7.24. The summed E-state index contributed by atoms with van der Waals surface area (Å²) < 4.78 is 0. The van der Waals surface area contributed by atoms with Gasteiger partial charge in [0.15, 0.2) is 0 Å². The van der Waals surface area contributed by atoms with Crippen molar-refractivity contribution >= 4 is 23.8 Å². The molecule has 0 heterocycles. The molecule has 0 atom stereocenters. The Morgan fingerprint density at radius 2 is 1.64 bits per heavy atom. The third kappa shape index (κ3) is 4.74. The Balaban J connectivity index is 0.00000242. The molecule has 0 spiro atoms. The average molecular weight is 321 g/mol. The highest BCUT2D eigenvalue weighted by atomic mass is 35.5. The van der Waals surface area contributed by atoms with Crippen LogP contribution in [-0.2, 0) is 6.42 Å². The van der Waals surface area contributed by atoms with Gasteiger partial charge in [0.2, 0.25) is 0 Å². The van der Waals surface area contributed by atoms with Gasteiger partial charge in [0.1, 0.15) is 5.69 Å². The van der Waals surface area contributed by atoms with Gasteiger partial charge in [-0.3, -0.25) is 10.1 Å². The number of para-hydroxylation sites is 2. The van der Waals surface area contributed by atoms with Crippen molar-refractivity contribution in [2.45, 2.75) is 19.8 Å². The van der Waals surface area contributed by atoms with Crippen molar-refractivity contribution < 1.29 is 4.92 Å². The largest absolute Gasteiger partial charge is 0.366 e. The monoisotopic (exact) mass is 320 g/mol.